The van der Waals surface area contributed by atoms with Gasteiger partial charge in [0, 0.05) is 23.5 Å². The molecule has 0 spiro atoms. The molecule has 22 heavy (non-hydrogen) atoms. The van der Waals surface area contributed by atoms with E-state index in [0.29, 0.717) is 4.47 Å². The van der Waals surface area contributed by atoms with Gasteiger partial charge in [-0.2, -0.15) is 0 Å². The average Bonchev–Trinajstić information content (AvgIpc) is 2.50. The highest BCUT2D eigenvalue weighted by atomic mass is 79.9. The maximum Gasteiger partial charge on any atom is 0.252 e. The topological polar surface area (TPSA) is 70.2 Å². The molecule has 1 aromatic rings. The highest BCUT2D eigenvalue weighted by molar-refractivity contribution is 9.10. The Kier molecular flexibility index (Phi) is 6.33. The van der Waals surface area contributed by atoms with E-state index in [2.05, 4.69) is 31.9 Å². The Labute approximate surface area is 137 Å². The molecule has 0 saturated carbocycles. The Morgan fingerprint density at radius 2 is 2.05 bits per heavy atom. The minimum atomic E-state index is -0.475. The number of piperidine rings is 1. The van der Waals surface area contributed by atoms with Crippen LogP contribution >= 0.6 is 15.9 Å². The second-order valence-electron chi connectivity index (χ2n) is 5.22. The predicted molar refractivity (Wildman–Crippen MR) is 85.1 cm³/mol. The normalized spacial score (nSPS) is 15.4. The molecule has 120 valence electrons. The molecule has 3 N–H and O–H groups in total. The number of benzene rings is 1. The summed E-state index contributed by atoms with van der Waals surface area (Å²) in [6, 6.07) is 4.12. The lowest BCUT2D eigenvalue weighted by Crippen LogP contribution is -2.43. The lowest BCUT2D eigenvalue weighted by Gasteiger charge is -2.23. The number of rotatable bonds is 5. The maximum absolute atomic E-state index is 13.1. The van der Waals surface area contributed by atoms with Crippen LogP contribution in [-0.2, 0) is 4.79 Å². The van der Waals surface area contributed by atoms with E-state index >= 15 is 0 Å². The molecule has 1 aliphatic heterocycles. The second kappa shape index (κ2) is 8.24. The van der Waals surface area contributed by atoms with Gasteiger partial charge in [-0.1, -0.05) is 0 Å². The average molecular weight is 372 g/mol. The Balaban J connectivity index is 1.74. The first-order chi connectivity index (χ1) is 10.6. The van der Waals surface area contributed by atoms with Crippen molar-refractivity contribution in [2.45, 2.75) is 25.3 Å². The Bertz CT molecular complexity index is 548. The van der Waals surface area contributed by atoms with Crippen LogP contribution in [0.5, 0.6) is 0 Å². The van der Waals surface area contributed by atoms with E-state index in [0.717, 1.165) is 32.0 Å². The van der Waals surface area contributed by atoms with E-state index in [1.165, 1.54) is 12.1 Å². The van der Waals surface area contributed by atoms with E-state index in [-0.39, 0.29) is 30.5 Å². The Hall–Kier alpha value is -1.47. The van der Waals surface area contributed by atoms with Gasteiger partial charge in [0.25, 0.3) is 5.91 Å². The van der Waals surface area contributed by atoms with E-state index in [4.69, 9.17) is 0 Å². The molecular formula is C15H19BrFN3O2. The minimum Gasteiger partial charge on any atom is -0.353 e. The molecule has 1 aromatic carbocycles. The van der Waals surface area contributed by atoms with Crippen LogP contribution in [-0.4, -0.2) is 37.5 Å². The Morgan fingerprint density at radius 3 is 2.77 bits per heavy atom. The summed E-state index contributed by atoms with van der Waals surface area (Å²) in [5, 5.41) is 8.81. The standard InChI is InChI=1S/C15H19BrFN3O2/c16-13-2-1-10(17)9-12(13)15(22)19-8-5-14(21)20-11-3-6-18-7-4-11/h1-2,9,11,18H,3-8H2,(H,19,22)(H,20,21). The minimum absolute atomic E-state index is 0.0782. The monoisotopic (exact) mass is 371 g/mol. The summed E-state index contributed by atoms with van der Waals surface area (Å²) in [6.07, 6.45) is 2.06. The molecule has 5 nitrogen and oxygen atoms in total. The second-order valence-corrected chi connectivity index (χ2v) is 6.08. The SMILES string of the molecule is O=C(CCNC(=O)c1cc(F)ccc1Br)NC1CCNCC1. The molecule has 2 amide bonds. The molecule has 0 atom stereocenters. The molecule has 0 radical (unpaired) electrons. The van der Waals surface area contributed by atoms with Crippen LogP contribution in [0.3, 0.4) is 0 Å². The Morgan fingerprint density at radius 1 is 1.32 bits per heavy atom. The molecule has 1 fully saturated rings. The van der Waals surface area contributed by atoms with Crippen molar-refractivity contribution in [2.24, 2.45) is 0 Å². The van der Waals surface area contributed by atoms with Crippen LogP contribution in [0.25, 0.3) is 0 Å². The van der Waals surface area contributed by atoms with Crippen LogP contribution in [0.2, 0.25) is 0 Å². The molecule has 0 aliphatic carbocycles. The molecule has 1 aliphatic rings. The van der Waals surface area contributed by atoms with Gasteiger partial charge >= 0.3 is 0 Å². The molecule has 0 unspecified atom stereocenters. The van der Waals surface area contributed by atoms with Gasteiger partial charge in [0.1, 0.15) is 5.82 Å². The fourth-order valence-electron chi connectivity index (χ4n) is 2.32. The number of carbonyl (C=O) groups excluding carboxylic acids is 2. The largest absolute Gasteiger partial charge is 0.353 e. The molecule has 1 heterocycles. The first kappa shape index (κ1) is 16.9. The zero-order valence-electron chi connectivity index (χ0n) is 12.1. The number of hydrogen-bond donors (Lipinski definition) is 3. The fraction of sp³-hybridized carbons (Fsp3) is 0.467. The fourth-order valence-corrected chi connectivity index (χ4v) is 2.75. The van der Waals surface area contributed by atoms with Crippen LogP contribution in [0.4, 0.5) is 4.39 Å². The smallest absolute Gasteiger partial charge is 0.252 e. The third kappa shape index (κ3) is 5.06. The van der Waals surface area contributed by atoms with Crippen LogP contribution < -0.4 is 16.0 Å². The van der Waals surface area contributed by atoms with Crippen LogP contribution in [0.15, 0.2) is 22.7 Å². The van der Waals surface area contributed by atoms with Gasteiger partial charge < -0.3 is 16.0 Å². The molecule has 0 bridgehead atoms. The van der Waals surface area contributed by atoms with Gasteiger partial charge in [0.15, 0.2) is 0 Å². The summed E-state index contributed by atoms with van der Waals surface area (Å²) in [5.74, 6) is -0.955. The number of halogens is 2. The highest BCUT2D eigenvalue weighted by Crippen LogP contribution is 2.17. The summed E-state index contributed by atoms with van der Waals surface area (Å²) < 4.78 is 13.7. The molecule has 2 rings (SSSR count). The van der Waals surface area contributed by atoms with Crippen LogP contribution in [0.1, 0.15) is 29.6 Å². The summed E-state index contributed by atoms with van der Waals surface area (Å²) in [5.41, 5.74) is 0.221. The quantitative estimate of drug-likeness (QED) is 0.735. The lowest BCUT2D eigenvalue weighted by molar-refractivity contribution is -0.121. The van der Waals surface area contributed by atoms with Gasteiger partial charge in [0.2, 0.25) is 5.91 Å². The molecule has 7 heteroatoms. The molecule has 0 aromatic heterocycles. The van der Waals surface area contributed by atoms with Crippen molar-refractivity contribution in [1.82, 2.24) is 16.0 Å². The first-order valence-corrected chi connectivity index (χ1v) is 8.09. The van der Waals surface area contributed by atoms with Crippen molar-refractivity contribution < 1.29 is 14.0 Å². The van der Waals surface area contributed by atoms with Crippen molar-refractivity contribution in [3.05, 3.63) is 34.1 Å². The predicted octanol–water partition coefficient (Wildman–Crippen LogP) is 1.58. The number of nitrogens with one attached hydrogen (secondary N) is 3. The number of hydrogen-bond acceptors (Lipinski definition) is 3. The summed E-state index contributed by atoms with van der Waals surface area (Å²) in [7, 11) is 0. The van der Waals surface area contributed by atoms with Gasteiger partial charge in [-0.25, -0.2) is 4.39 Å². The number of amides is 2. The van der Waals surface area contributed by atoms with E-state index in [1.54, 1.807) is 0 Å². The molecule has 1 saturated heterocycles. The summed E-state index contributed by atoms with van der Waals surface area (Å²) >= 11 is 3.20. The third-order valence-electron chi connectivity index (χ3n) is 3.51. The van der Waals surface area contributed by atoms with E-state index in [1.807, 2.05) is 0 Å². The van der Waals surface area contributed by atoms with Crippen molar-refractivity contribution in [1.29, 1.82) is 0 Å². The zero-order valence-corrected chi connectivity index (χ0v) is 13.7. The third-order valence-corrected chi connectivity index (χ3v) is 4.21. The highest BCUT2D eigenvalue weighted by Gasteiger charge is 2.16. The van der Waals surface area contributed by atoms with Gasteiger partial charge in [-0.15, -0.1) is 0 Å². The van der Waals surface area contributed by atoms with Crippen molar-refractivity contribution >= 4 is 27.7 Å². The maximum atomic E-state index is 13.1. The number of carbonyl (C=O) groups is 2. The van der Waals surface area contributed by atoms with Crippen molar-refractivity contribution in [3.8, 4) is 0 Å². The van der Waals surface area contributed by atoms with Gasteiger partial charge in [-0.3, -0.25) is 9.59 Å². The summed E-state index contributed by atoms with van der Waals surface area (Å²) in [4.78, 5) is 23.7. The summed E-state index contributed by atoms with van der Waals surface area (Å²) in [6.45, 7) is 2.04. The van der Waals surface area contributed by atoms with E-state index < -0.39 is 11.7 Å². The van der Waals surface area contributed by atoms with Crippen molar-refractivity contribution in [2.75, 3.05) is 19.6 Å². The zero-order chi connectivity index (χ0) is 15.9. The van der Waals surface area contributed by atoms with Gasteiger partial charge in [0.05, 0.1) is 5.56 Å². The lowest BCUT2D eigenvalue weighted by atomic mass is 10.1. The first-order valence-electron chi connectivity index (χ1n) is 7.29. The molecular weight excluding hydrogens is 353 g/mol. The van der Waals surface area contributed by atoms with Crippen molar-refractivity contribution in [3.63, 3.8) is 0 Å². The van der Waals surface area contributed by atoms with Gasteiger partial charge in [-0.05, 0) is 60.1 Å². The van der Waals surface area contributed by atoms with E-state index in [9.17, 15) is 14.0 Å². The van der Waals surface area contributed by atoms with Crippen LogP contribution in [0, 0.1) is 5.82 Å².